The zero-order valence-corrected chi connectivity index (χ0v) is 12.1. The van der Waals surface area contributed by atoms with Gasteiger partial charge in [0.25, 0.3) is 0 Å². The van der Waals surface area contributed by atoms with Crippen LogP contribution >= 0.6 is 0 Å². The van der Waals surface area contributed by atoms with Gasteiger partial charge in [0.15, 0.2) is 5.79 Å². The van der Waals surface area contributed by atoms with Gasteiger partial charge in [-0.25, -0.2) is 0 Å². The predicted molar refractivity (Wildman–Crippen MR) is 72.0 cm³/mol. The van der Waals surface area contributed by atoms with E-state index >= 15 is 0 Å². The van der Waals surface area contributed by atoms with Crippen LogP contribution in [0.5, 0.6) is 0 Å². The maximum Gasteiger partial charge on any atom is 0.163 e. The molecule has 0 amide bonds. The minimum atomic E-state index is -1.04. The maximum absolute atomic E-state index is 12.2. The van der Waals surface area contributed by atoms with Crippen molar-refractivity contribution in [3.05, 3.63) is 29.8 Å². The van der Waals surface area contributed by atoms with E-state index in [0.29, 0.717) is 5.75 Å². The summed E-state index contributed by atoms with van der Waals surface area (Å²) >= 11 is 0. The lowest BCUT2D eigenvalue weighted by Gasteiger charge is -2.16. The Bertz CT molecular complexity index is 439. The van der Waals surface area contributed by atoms with Crippen LogP contribution in [0.15, 0.2) is 29.2 Å². The van der Waals surface area contributed by atoms with Crippen LogP contribution in [0.4, 0.5) is 0 Å². The van der Waals surface area contributed by atoms with Crippen molar-refractivity contribution < 1.29 is 13.7 Å². The summed E-state index contributed by atoms with van der Waals surface area (Å²) in [5.41, 5.74) is 1.17. The Morgan fingerprint density at radius 3 is 2.33 bits per heavy atom. The predicted octanol–water partition coefficient (Wildman–Crippen LogP) is 2.64. The van der Waals surface area contributed by atoms with E-state index in [9.17, 15) is 4.21 Å². The second-order valence-corrected chi connectivity index (χ2v) is 6.70. The minimum Gasteiger partial charge on any atom is -0.345 e. The van der Waals surface area contributed by atoms with Gasteiger partial charge in [-0.3, -0.25) is 4.21 Å². The quantitative estimate of drug-likeness (QED) is 0.845. The molecule has 0 aliphatic carbocycles. The van der Waals surface area contributed by atoms with Crippen LogP contribution in [0.25, 0.3) is 0 Å². The fourth-order valence-electron chi connectivity index (χ4n) is 2.12. The highest BCUT2D eigenvalue weighted by atomic mass is 32.2. The summed E-state index contributed by atoms with van der Waals surface area (Å²) in [5.74, 6) is -0.0881. The second-order valence-electron chi connectivity index (χ2n) is 5.20. The number of benzene rings is 1. The third-order valence-corrected chi connectivity index (χ3v) is 4.46. The van der Waals surface area contributed by atoms with Crippen LogP contribution < -0.4 is 0 Å². The van der Waals surface area contributed by atoms with Gasteiger partial charge in [0.1, 0.15) is 0 Å². The van der Waals surface area contributed by atoms with Crippen LogP contribution in [0.3, 0.4) is 0 Å². The van der Waals surface area contributed by atoms with Gasteiger partial charge in [0.2, 0.25) is 0 Å². The van der Waals surface area contributed by atoms with Crippen molar-refractivity contribution in [2.24, 2.45) is 0 Å². The smallest absolute Gasteiger partial charge is 0.163 e. The van der Waals surface area contributed by atoms with Crippen LogP contribution in [0.2, 0.25) is 0 Å². The van der Waals surface area contributed by atoms with E-state index in [0.717, 1.165) is 4.90 Å². The zero-order chi connectivity index (χ0) is 13.3. The average molecular weight is 268 g/mol. The van der Waals surface area contributed by atoms with E-state index < -0.39 is 16.6 Å². The molecule has 1 aliphatic rings. The molecule has 3 atom stereocenters. The number of hydrogen-bond donors (Lipinski definition) is 0. The van der Waals surface area contributed by atoms with Crippen LogP contribution in [0.1, 0.15) is 26.3 Å². The topological polar surface area (TPSA) is 35.5 Å². The monoisotopic (exact) mass is 268 g/mol. The first-order chi connectivity index (χ1) is 8.37. The lowest BCUT2D eigenvalue weighted by Crippen LogP contribution is -2.26. The van der Waals surface area contributed by atoms with Crippen LogP contribution in [0, 0.1) is 6.92 Å². The summed E-state index contributed by atoms with van der Waals surface area (Å²) in [6.07, 6.45) is -0.128. The van der Waals surface area contributed by atoms with Gasteiger partial charge in [-0.2, -0.15) is 0 Å². The van der Waals surface area contributed by atoms with Crippen molar-refractivity contribution in [1.29, 1.82) is 0 Å². The van der Waals surface area contributed by atoms with Crippen LogP contribution in [-0.4, -0.2) is 28.0 Å². The summed E-state index contributed by atoms with van der Waals surface area (Å²) in [4.78, 5) is 0.848. The molecule has 0 spiro atoms. The molecule has 1 unspecified atom stereocenters. The lowest BCUT2D eigenvalue weighted by atomic mass is 10.2. The summed E-state index contributed by atoms with van der Waals surface area (Å²) in [5, 5.41) is 0. The number of hydrogen-bond acceptors (Lipinski definition) is 3. The van der Waals surface area contributed by atoms with Gasteiger partial charge in [-0.1, -0.05) is 17.7 Å². The number of aryl methyl sites for hydroxylation is 1. The molecule has 100 valence electrons. The Kier molecular flexibility index (Phi) is 3.90. The van der Waals surface area contributed by atoms with E-state index in [4.69, 9.17) is 9.47 Å². The molecule has 18 heavy (non-hydrogen) atoms. The SMILES string of the molecule is Cc1ccc(S(=O)C[C@H]2OC(C)(C)O[C@@H]2C)cc1. The van der Waals surface area contributed by atoms with Crippen molar-refractivity contribution >= 4 is 10.8 Å². The molecule has 1 aliphatic heterocycles. The largest absolute Gasteiger partial charge is 0.345 e. The molecule has 0 saturated carbocycles. The Morgan fingerprint density at radius 2 is 1.83 bits per heavy atom. The normalized spacial score (nSPS) is 28.2. The van der Waals surface area contributed by atoms with Crippen molar-refractivity contribution in [3.8, 4) is 0 Å². The van der Waals surface area contributed by atoms with E-state index in [-0.39, 0.29) is 12.2 Å². The van der Waals surface area contributed by atoms with E-state index in [1.807, 2.05) is 52.0 Å². The molecule has 1 heterocycles. The fourth-order valence-corrected chi connectivity index (χ4v) is 3.39. The molecule has 1 saturated heterocycles. The molecule has 0 aromatic heterocycles. The average Bonchev–Trinajstić information content (AvgIpc) is 2.52. The van der Waals surface area contributed by atoms with E-state index in [1.165, 1.54) is 5.56 Å². The number of ether oxygens (including phenoxy) is 2. The lowest BCUT2D eigenvalue weighted by molar-refractivity contribution is -0.143. The Labute approximate surface area is 111 Å². The minimum absolute atomic E-state index is 0.0191. The molecule has 0 radical (unpaired) electrons. The Balaban J connectivity index is 2.02. The molecule has 3 nitrogen and oxygen atoms in total. The fraction of sp³-hybridized carbons (Fsp3) is 0.571. The van der Waals surface area contributed by atoms with Gasteiger partial charge in [-0.05, 0) is 39.8 Å². The van der Waals surface area contributed by atoms with Crippen molar-refractivity contribution in [2.45, 2.75) is 50.6 Å². The van der Waals surface area contributed by atoms with Gasteiger partial charge in [-0.15, -0.1) is 0 Å². The Morgan fingerprint density at radius 1 is 1.22 bits per heavy atom. The first-order valence-corrected chi connectivity index (χ1v) is 7.50. The molecule has 1 aromatic carbocycles. The first kappa shape index (κ1) is 13.7. The zero-order valence-electron chi connectivity index (χ0n) is 11.3. The van der Waals surface area contributed by atoms with Crippen molar-refractivity contribution in [2.75, 3.05) is 5.75 Å². The summed E-state index contributed by atoms with van der Waals surface area (Å²) in [7, 11) is -1.04. The highest BCUT2D eigenvalue weighted by molar-refractivity contribution is 7.85. The molecule has 0 N–H and O–H groups in total. The molecule has 1 aromatic rings. The molecular weight excluding hydrogens is 248 g/mol. The summed E-state index contributed by atoms with van der Waals surface area (Å²) in [6, 6.07) is 7.79. The van der Waals surface area contributed by atoms with E-state index in [1.54, 1.807) is 0 Å². The summed E-state index contributed by atoms with van der Waals surface area (Å²) in [6.45, 7) is 7.76. The van der Waals surface area contributed by atoms with Gasteiger partial charge in [0.05, 0.1) is 28.8 Å². The van der Waals surface area contributed by atoms with Crippen molar-refractivity contribution in [3.63, 3.8) is 0 Å². The molecule has 4 heteroatoms. The highest BCUT2D eigenvalue weighted by Crippen LogP contribution is 2.28. The van der Waals surface area contributed by atoms with E-state index in [2.05, 4.69) is 0 Å². The van der Waals surface area contributed by atoms with Crippen LogP contribution in [-0.2, 0) is 20.3 Å². The molecule has 1 fully saturated rings. The standard InChI is InChI=1S/C14H20O3S/c1-10-5-7-12(8-6-10)18(15)9-13-11(2)16-14(3,4)17-13/h5-8,11,13H,9H2,1-4H3/t11-,13-,18?/m1/s1. The molecular formula is C14H20O3S. The maximum atomic E-state index is 12.2. The number of rotatable bonds is 3. The van der Waals surface area contributed by atoms with Gasteiger partial charge >= 0.3 is 0 Å². The third-order valence-electron chi connectivity index (χ3n) is 3.03. The van der Waals surface area contributed by atoms with Gasteiger partial charge in [0, 0.05) is 4.90 Å². The van der Waals surface area contributed by atoms with Crippen molar-refractivity contribution in [1.82, 2.24) is 0 Å². The summed E-state index contributed by atoms with van der Waals surface area (Å²) < 4.78 is 23.7. The highest BCUT2D eigenvalue weighted by Gasteiger charge is 2.39. The molecule has 2 rings (SSSR count). The third kappa shape index (κ3) is 3.19. The second kappa shape index (κ2) is 5.11. The first-order valence-electron chi connectivity index (χ1n) is 6.18. The van der Waals surface area contributed by atoms with Gasteiger partial charge < -0.3 is 9.47 Å². The Hall–Kier alpha value is -0.710. The molecule has 0 bridgehead atoms.